The molecule has 0 bridgehead atoms. The molecule has 1 aliphatic carbocycles. The number of anilines is 2. The molecule has 4 nitrogen and oxygen atoms in total. The Morgan fingerprint density at radius 3 is 2.57 bits per heavy atom. The Balaban J connectivity index is 2.11. The Labute approximate surface area is 122 Å². The van der Waals surface area contributed by atoms with Crippen LogP contribution in [-0.2, 0) is 10.4 Å². The second kappa shape index (κ2) is 5.07. The minimum absolute atomic E-state index is 0.0583. The quantitative estimate of drug-likeness (QED) is 0.808. The summed E-state index contributed by atoms with van der Waals surface area (Å²) in [6.45, 7) is 0. The van der Waals surface area contributed by atoms with Crippen LogP contribution in [0.4, 0.5) is 11.4 Å². The van der Waals surface area contributed by atoms with Crippen LogP contribution in [0.25, 0.3) is 6.08 Å². The number of nitrogens with one attached hydrogen (secondary N) is 1. The smallest absolute Gasteiger partial charge is 0.340 e. The molecule has 21 heavy (non-hydrogen) atoms. The number of hydrogen-bond donors (Lipinski definition) is 3. The van der Waals surface area contributed by atoms with Crippen molar-refractivity contribution in [2.45, 2.75) is 12.0 Å². The Morgan fingerprint density at radius 1 is 1.10 bits per heavy atom. The van der Waals surface area contributed by atoms with Crippen molar-refractivity contribution in [2.24, 2.45) is 0 Å². The molecule has 1 unspecified atom stereocenters. The lowest BCUT2D eigenvalue weighted by atomic mass is 9.82. The number of aliphatic carboxylic acids is 1. The van der Waals surface area contributed by atoms with Crippen molar-refractivity contribution in [1.82, 2.24) is 0 Å². The van der Waals surface area contributed by atoms with E-state index in [1.54, 1.807) is 18.2 Å². The van der Waals surface area contributed by atoms with Crippen LogP contribution in [-0.4, -0.2) is 16.2 Å². The largest absolute Gasteiger partial charge is 0.479 e. The van der Waals surface area contributed by atoms with Crippen molar-refractivity contribution < 1.29 is 15.0 Å². The predicted molar refractivity (Wildman–Crippen MR) is 81.4 cm³/mol. The van der Waals surface area contributed by atoms with Gasteiger partial charge in [-0.2, -0.15) is 0 Å². The molecule has 2 aromatic rings. The third-order valence-electron chi connectivity index (χ3n) is 3.63. The van der Waals surface area contributed by atoms with Crippen LogP contribution in [0.2, 0.25) is 0 Å². The number of carboxylic acid groups (broad SMARTS) is 1. The first-order valence-corrected chi connectivity index (χ1v) is 6.69. The van der Waals surface area contributed by atoms with Crippen LogP contribution in [0, 0.1) is 0 Å². The first-order valence-electron chi connectivity index (χ1n) is 6.69. The number of aliphatic hydroxyl groups is 1. The summed E-state index contributed by atoms with van der Waals surface area (Å²) >= 11 is 0. The molecule has 2 aromatic carbocycles. The van der Waals surface area contributed by atoms with E-state index in [1.165, 1.54) is 0 Å². The Kier molecular flexibility index (Phi) is 3.23. The molecule has 0 spiro atoms. The highest BCUT2D eigenvalue weighted by Crippen LogP contribution is 2.39. The van der Waals surface area contributed by atoms with Gasteiger partial charge in [0.25, 0.3) is 0 Å². The highest BCUT2D eigenvalue weighted by molar-refractivity contribution is 5.87. The molecule has 0 aromatic heterocycles. The Hall–Kier alpha value is -2.59. The third kappa shape index (κ3) is 2.30. The van der Waals surface area contributed by atoms with E-state index in [1.807, 2.05) is 42.5 Å². The maximum Gasteiger partial charge on any atom is 0.340 e. The molecule has 0 amide bonds. The fourth-order valence-electron chi connectivity index (χ4n) is 2.60. The molecule has 0 fully saturated rings. The highest BCUT2D eigenvalue weighted by atomic mass is 16.4. The summed E-state index contributed by atoms with van der Waals surface area (Å²) in [5.74, 6) is -1.24. The minimum atomic E-state index is -1.90. The van der Waals surface area contributed by atoms with Crippen LogP contribution in [0.1, 0.15) is 17.5 Å². The lowest BCUT2D eigenvalue weighted by Gasteiger charge is -2.30. The summed E-state index contributed by atoms with van der Waals surface area (Å²) in [5.41, 5.74) is 0.666. The van der Waals surface area contributed by atoms with Crippen molar-refractivity contribution in [3.05, 3.63) is 65.7 Å². The van der Waals surface area contributed by atoms with Crippen molar-refractivity contribution >= 4 is 23.4 Å². The molecule has 0 saturated carbocycles. The second-order valence-corrected chi connectivity index (χ2v) is 5.03. The standard InChI is InChI=1S/C17H15NO3/c19-16(20)17(21)11-5-7-12-6-4-10-14(15(12)17)18-13-8-2-1-3-9-13/h1-10,18,21H,11H2,(H,19,20). The van der Waals surface area contributed by atoms with E-state index in [2.05, 4.69) is 5.32 Å². The summed E-state index contributed by atoms with van der Waals surface area (Å²) in [6, 6.07) is 14.9. The summed E-state index contributed by atoms with van der Waals surface area (Å²) < 4.78 is 0. The Morgan fingerprint density at radius 2 is 1.86 bits per heavy atom. The topological polar surface area (TPSA) is 69.6 Å². The van der Waals surface area contributed by atoms with Gasteiger partial charge in [-0.1, -0.05) is 42.5 Å². The van der Waals surface area contributed by atoms with Gasteiger partial charge < -0.3 is 15.5 Å². The second-order valence-electron chi connectivity index (χ2n) is 5.03. The van der Waals surface area contributed by atoms with Gasteiger partial charge in [0.2, 0.25) is 0 Å². The molecule has 4 heteroatoms. The zero-order valence-corrected chi connectivity index (χ0v) is 11.3. The van der Waals surface area contributed by atoms with E-state index in [-0.39, 0.29) is 6.42 Å². The van der Waals surface area contributed by atoms with E-state index in [0.717, 1.165) is 5.69 Å². The molecule has 0 aliphatic heterocycles. The van der Waals surface area contributed by atoms with Crippen LogP contribution >= 0.6 is 0 Å². The van der Waals surface area contributed by atoms with E-state index >= 15 is 0 Å². The molecule has 3 N–H and O–H groups in total. The zero-order valence-electron chi connectivity index (χ0n) is 11.3. The molecular formula is C17H15NO3. The number of fused-ring (bicyclic) bond motifs is 1. The number of carboxylic acids is 1. The van der Waals surface area contributed by atoms with E-state index < -0.39 is 11.6 Å². The van der Waals surface area contributed by atoms with Crippen molar-refractivity contribution in [3.8, 4) is 0 Å². The molecule has 0 saturated heterocycles. The summed E-state index contributed by atoms with van der Waals surface area (Å²) in [7, 11) is 0. The van der Waals surface area contributed by atoms with Gasteiger partial charge in [-0.05, 0) is 23.8 Å². The molecule has 0 heterocycles. The molecule has 3 rings (SSSR count). The highest BCUT2D eigenvalue weighted by Gasteiger charge is 2.42. The third-order valence-corrected chi connectivity index (χ3v) is 3.63. The predicted octanol–water partition coefficient (Wildman–Crippen LogP) is 3.12. The van der Waals surface area contributed by atoms with Gasteiger partial charge in [-0.25, -0.2) is 4.79 Å². The average molecular weight is 281 g/mol. The number of benzene rings is 2. The first kappa shape index (κ1) is 13.4. The minimum Gasteiger partial charge on any atom is -0.479 e. The van der Waals surface area contributed by atoms with Gasteiger partial charge in [0.1, 0.15) is 0 Å². The maximum atomic E-state index is 11.5. The Bertz CT molecular complexity index is 709. The lowest BCUT2D eigenvalue weighted by molar-refractivity contribution is -0.159. The van der Waals surface area contributed by atoms with Crippen molar-refractivity contribution in [3.63, 3.8) is 0 Å². The van der Waals surface area contributed by atoms with Crippen LogP contribution in [0.15, 0.2) is 54.6 Å². The molecule has 106 valence electrons. The van der Waals surface area contributed by atoms with Gasteiger partial charge in [-0.3, -0.25) is 0 Å². The summed E-state index contributed by atoms with van der Waals surface area (Å²) in [4.78, 5) is 11.5. The van der Waals surface area contributed by atoms with Gasteiger partial charge in [0, 0.05) is 23.4 Å². The monoisotopic (exact) mass is 281 g/mol. The fourth-order valence-corrected chi connectivity index (χ4v) is 2.60. The molecular weight excluding hydrogens is 266 g/mol. The number of para-hydroxylation sites is 1. The van der Waals surface area contributed by atoms with Crippen LogP contribution in [0.3, 0.4) is 0 Å². The number of hydrogen-bond acceptors (Lipinski definition) is 3. The van der Waals surface area contributed by atoms with E-state index in [0.29, 0.717) is 16.8 Å². The summed E-state index contributed by atoms with van der Waals surface area (Å²) in [6.07, 6.45) is 3.58. The van der Waals surface area contributed by atoms with Gasteiger partial charge in [0.05, 0.1) is 0 Å². The van der Waals surface area contributed by atoms with E-state index in [9.17, 15) is 15.0 Å². The maximum absolute atomic E-state index is 11.5. The lowest BCUT2D eigenvalue weighted by Crippen LogP contribution is -2.37. The molecule has 0 radical (unpaired) electrons. The number of carbonyl (C=O) groups is 1. The number of rotatable bonds is 3. The normalized spacial score (nSPS) is 19.9. The summed E-state index contributed by atoms with van der Waals surface area (Å²) in [5, 5.41) is 23.2. The van der Waals surface area contributed by atoms with Crippen LogP contribution in [0.5, 0.6) is 0 Å². The zero-order chi connectivity index (χ0) is 14.9. The molecule has 1 aliphatic rings. The SMILES string of the molecule is O=C(O)C1(O)CC=Cc2cccc(Nc3ccccc3)c21. The van der Waals surface area contributed by atoms with E-state index in [4.69, 9.17) is 0 Å². The van der Waals surface area contributed by atoms with Gasteiger partial charge >= 0.3 is 5.97 Å². The van der Waals surface area contributed by atoms with Crippen molar-refractivity contribution in [2.75, 3.05) is 5.32 Å². The first-order chi connectivity index (χ1) is 10.1. The fraction of sp³-hybridized carbons (Fsp3) is 0.118. The molecule has 1 atom stereocenters. The van der Waals surface area contributed by atoms with Gasteiger partial charge in [0.15, 0.2) is 5.60 Å². The van der Waals surface area contributed by atoms with Crippen molar-refractivity contribution in [1.29, 1.82) is 0 Å². The van der Waals surface area contributed by atoms with Gasteiger partial charge in [-0.15, -0.1) is 0 Å². The average Bonchev–Trinajstić information content (AvgIpc) is 2.48. The van der Waals surface area contributed by atoms with Crippen LogP contribution < -0.4 is 5.32 Å².